The average Bonchev–Trinajstić information content (AvgIpc) is 2.91. The number of carbonyl (C=O) groups is 2. The van der Waals surface area contributed by atoms with Crippen molar-refractivity contribution in [1.82, 2.24) is 10.2 Å². The van der Waals surface area contributed by atoms with Gasteiger partial charge in [0.1, 0.15) is 12.6 Å². The van der Waals surface area contributed by atoms with E-state index < -0.39 is 28.5 Å². The lowest BCUT2D eigenvalue weighted by Crippen LogP contribution is -2.54. The first-order valence-corrected chi connectivity index (χ1v) is 15.7. The molecule has 214 valence electrons. The third kappa shape index (κ3) is 8.61. The number of sulfonamides is 1. The highest BCUT2D eigenvalue weighted by atomic mass is 35.5. The van der Waals surface area contributed by atoms with Crippen molar-refractivity contribution in [3.8, 4) is 0 Å². The molecule has 2 amide bonds. The first kappa shape index (κ1) is 31.7. The largest absolute Gasteiger partial charge is 0.352 e. The Morgan fingerprint density at radius 2 is 1.43 bits per heavy atom. The van der Waals surface area contributed by atoms with Gasteiger partial charge in [-0.1, -0.05) is 102 Å². The van der Waals surface area contributed by atoms with Crippen LogP contribution in [0.5, 0.6) is 0 Å². The number of hydrogen-bond donors (Lipinski definition) is 1. The number of amides is 2. The molecular formula is C29H32Cl3N3O4S. The number of anilines is 1. The van der Waals surface area contributed by atoms with Gasteiger partial charge in [-0.3, -0.25) is 13.9 Å². The monoisotopic (exact) mass is 623 g/mol. The second kappa shape index (κ2) is 14.2. The Morgan fingerprint density at radius 1 is 0.875 bits per heavy atom. The topological polar surface area (TPSA) is 86.8 Å². The smallest absolute Gasteiger partial charge is 0.244 e. The second-order valence-electron chi connectivity index (χ2n) is 9.52. The number of nitrogens with zero attached hydrogens (tertiary/aromatic N) is 2. The summed E-state index contributed by atoms with van der Waals surface area (Å²) >= 11 is 18.6. The molecule has 3 aromatic carbocycles. The maximum atomic E-state index is 14.1. The van der Waals surface area contributed by atoms with Crippen LogP contribution in [-0.2, 0) is 32.6 Å². The summed E-state index contributed by atoms with van der Waals surface area (Å²) in [6.07, 6.45) is 1.90. The molecule has 3 rings (SSSR count). The standard InChI is InChI=1S/C29H32Cl3N3O4S/c1-4-20(2)33-29(37)27(15-21-11-7-5-8-12-21)34(18-22-13-9-6-10-14-22)28(36)19-35(40(3,38)39)26-17-24(31)23(30)16-25(26)32/h5-14,16-17,20,27H,4,15,18-19H2,1-3H3,(H,33,37)/t20-,27-/m0/s1. The Balaban J connectivity index is 2.08. The molecule has 40 heavy (non-hydrogen) atoms. The van der Waals surface area contributed by atoms with Crippen molar-refractivity contribution in [3.05, 3.63) is 99.0 Å². The van der Waals surface area contributed by atoms with Gasteiger partial charge in [0.25, 0.3) is 0 Å². The molecule has 0 aromatic heterocycles. The van der Waals surface area contributed by atoms with Gasteiger partial charge in [0.2, 0.25) is 21.8 Å². The summed E-state index contributed by atoms with van der Waals surface area (Å²) in [4.78, 5) is 29.1. The second-order valence-corrected chi connectivity index (χ2v) is 12.6. The molecule has 0 aliphatic carbocycles. The van der Waals surface area contributed by atoms with Crippen LogP contribution in [0.3, 0.4) is 0 Å². The van der Waals surface area contributed by atoms with Crippen molar-refractivity contribution >= 4 is 62.3 Å². The molecule has 0 fully saturated rings. The minimum absolute atomic E-state index is 0.00949. The molecule has 7 nitrogen and oxygen atoms in total. The molecule has 0 bridgehead atoms. The third-order valence-electron chi connectivity index (χ3n) is 6.41. The van der Waals surface area contributed by atoms with E-state index in [0.29, 0.717) is 6.42 Å². The van der Waals surface area contributed by atoms with Crippen LogP contribution in [0, 0.1) is 0 Å². The van der Waals surface area contributed by atoms with E-state index in [2.05, 4.69) is 5.32 Å². The SMILES string of the molecule is CC[C@H](C)NC(=O)[C@H](Cc1ccccc1)N(Cc1ccccc1)C(=O)CN(c1cc(Cl)c(Cl)cc1Cl)S(C)(=O)=O. The van der Waals surface area contributed by atoms with E-state index in [1.165, 1.54) is 17.0 Å². The molecule has 0 saturated carbocycles. The molecular weight excluding hydrogens is 593 g/mol. The molecule has 0 saturated heterocycles. The molecule has 2 atom stereocenters. The van der Waals surface area contributed by atoms with Gasteiger partial charge in [-0.2, -0.15) is 0 Å². The summed E-state index contributed by atoms with van der Waals surface area (Å²) in [6, 6.07) is 20.1. The number of halogens is 3. The van der Waals surface area contributed by atoms with E-state index in [1.807, 2.05) is 74.5 Å². The molecule has 3 aromatic rings. The van der Waals surface area contributed by atoms with Crippen LogP contribution in [0.15, 0.2) is 72.8 Å². The molecule has 0 heterocycles. The quantitative estimate of drug-likeness (QED) is 0.252. The van der Waals surface area contributed by atoms with Crippen LogP contribution < -0.4 is 9.62 Å². The van der Waals surface area contributed by atoms with Crippen LogP contribution in [-0.4, -0.2) is 50.0 Å². The molecule has 0 spiro atoms. The average molecular weight is 625 g/mol. The summed E-state index contributed by atoms with van der Waals surface area (Å²) in [5.41, 5.74) is 1.64. The minimum atomic E-state index is -4.00. The van der Waals surface area contributed by atoms with Crippen molar-refractivity contribution in [2.75, 3.05) is 17.1 Å². The van der Waals surface area contributed by atoms with E-state index in [0.717, 1.165) is 21.7 Å². The highest BCUT2D eigenvalue weighted by molar-refractivity contribution is 7.92. The van der Waals surface area contributed by atoms with Crippen LogP contribution in [0.2, 0.25) is 15.1 Å². The van der Waals surface area contributed by atoms with Crippen molar-refractivity contribution < 1.29 is 18.0 Å². The first-order chi connectivity index (χ1) is 18.9. The van der Waals surface area contributed by atoms with Crippen molar-refractivity contribution in [2.24, 2.45) is 0 Å². The van der Waals surface area contributed by atoms with E-state index in [-0.39, 0.29) is 45.7 Å². The zero-order valence-corrected chi connectivity index (χ0v) is 25.6. The van der Waals surface area contributed by atoms with Crippen LogP contribution in [0.25, 0.3) is 0 Å². The Morgan fingerprint density at radius 3 is 1.98 bits per heavy atom. The van der Waals surface area contributed by atoms with Crippen LogP contribution >= 0.6 is 34.8 Å². The summed E-state index contributed by atoms with van der Waals surface area (Å²) in [5.74, 6) is -0.919. The number of nitrogens with one attached hydrogen (secondary N) is 1. The third-order valence-corrected chi connectivity index (χ3v) is 8.56. The summed E-state index contributed by atoms with van der Waals surface area (Å²) in [7, 11) is -4.00. The van der Waals surface area contributed by atoms with E-state index in [1.54, 1.807) is 0 Å². The van der Waals surface area contributed by atoms with Crippen LogP contribution in [0.1, 0.15) is 31.4 Å². The van der Waals surface area contributed by atoms with Gasteiger partial charge in [-0.25, -0.2) is 8.42 Å². The minimum Gasteiger partial charge on any atom is -0.352 e. The number of rotatable bonds is 12. The normalized spacial score (nSPS) is 12.8. The maximum Gasteiger partial charge on any atom is 0.244 e. The summed E-state index contributed by atoms with van der Waals surface area (Å²) < 4.78 is 26.7. The Bertz CT molecular complexity index is 1420. The van der Waals surface area contributed by atoms with Gasteiger partial charge in [0, 0.05) is 19.0 Å². The predicted octanol–water partition coefficient (Wildman–Crippen LogP) is 5.97. The summed E-state index contributed by atoms with van der Waals surface area (Å²) in [5, 5.41) is 3.23. The molecule has 0 unspecified atom stereocenters. The Hall–Kier alpha value is -2.78. The number of hydrogen-bond acceptors (Lipinski definition) is 4. The fraction of sp³-hybridized carbons (Fsp3) is 0.310. The molecule has 0 aliphatic rings. The molecule has 11 heteroatoms. The first-order valence-electron chi connectivity index (χ1n) is 12.7. The maximum absolute atomic E-state index is 14.1. The van der Waals surface area contributed by atoms with Gasteiger partial charge in [0.05, 0.1) is 27.0 Å². The van der Waals surface area contributed by atoms with Gasteiger partial charge in [0.15, 0.2) is 0 Å². The fourth-order valence-corrected chi connectivity index (χ4v) is 5.62. The van der Waals surface area contributed by atoms with Crippen molar-refractivity contribution in [2.45, 2.75) is 45.3 Å². The highest BCUT2D eigenvalue weighted by Crippen LogP contribution is 2.35. The number of benzene rings is 3. The molecule has 1 N–H and O–H groups in total. The zero-order chi connectivity index (χ0) is 29.4. The van der Waals surface area contributed by atoms with Gasteiger partial charge in [-0.05, 0) is 36.6 Å². The lowest BCUT2D eigenvalue weighted by atomic mass is 10.0. The van der Waals surface area contributed by atoms with Crippen molar-refractivity contribution in [1.29, 1.82) is 0 Å². The summed E-state index contributed by atoms with van der Waals surface area (Å²) in [6.45, 7) is 3.32. The van der Waals surface area contributed by atoms with E-state index in [9.17, 15) is 18.0 Å². The van der Waals surface area contributed by atoms with Crippen molar-refractivity contribution in [3.63, 3.8) is 0 Å². The molecule has 0 aliphatic heterocycles. The van der Waals surface area contributed by atoms with Gasteiger partial charge in [-0.15, -0.1) is 0 Å². The van der Waals surface area contributed by atoms with Gasteiger partial charge >= 0.3 is 0 Å². The lowest BCUT2D eigenvalue weighted by Gasteiger charge is -2.34. The van der Waals surface area contributed by atoms with Crippen LogP contribution in [0.4, 0.5) is 5.69 Å². The highest BCUT2D eigenvalue weighted by Gasteiger charge is 2.34. The fourth-order valence-electron chi connectivity index (χ4n) is 4.07. The lowest BCUT2D eigenvalue weighted by molar-refractivity contribution is -0.140. The van der Waals surface area contributed by atoms with E-state index >= 15 is 0 Å². The predicted molar refractivity (Wildman–Crippen MR) is 162 cm³/mol. The Kier molecular flexibility index (Phi) is 11.3. The number of carbonyl (C=O) groups excluding carboxylic acids is 2. The zero-order valence-electron chi connectivity index (χ0n) is 22.5. The van der Waals surface area contributed by atoms with Gasteiger partial charge < -0.3 is 10.2 Å². The molecule has 0 radical (unpaired) electrons. The Labute approximate surface area is 251 Å². The van der Waals surface area contributed by atoms with E-state index in [4.69, 9.17) is 34.8 Å².